The third kappa shape index (κ3) is 22.4. The second-order valence-electron chi connectivity index (χ2n) is 7.99. The highest BCUT2D eigenvalue weighted by molar-refractivity contribution is 5.78. The first-order valence-corrected chi connectivity index (χ1v) is 9.56. The fraction of sp³-hybridized carbons (Fsp3) is 0.850. The van der Waals surface area contributed by atoms with Crippen LogP contribution in [0.25, 0.3) is 0 Å². The lowest BCUT2D eigenvalue weighted by atomic mass is 10.1. The van der Waals surface area contributed by atoms with Gasteiger partial charge < -0.3 is 16.0 Å². The van der Waals surface area contributed by atoms with Crippen molar-refractivity contribution in [2.45, 2.75) is 81.7 Å². The van der Waals surface area contributed by atoms with Gasteiger partial charge in [-0.3, -0.25) is 14.4 Å². The van der Waals surface area contributed by atoms with Gasteiger partial charge in [0.15, 0.2) is 0 Å². The number of carbonyl (C=O) groups excluding carboxylic acids is 3. The van der Waals surface area contributed by atoms with Crippen LogP contribution in [0, 0.1) is 17.8 Å². The molecule has 156 valence electrons. The molecule has 0 saturated carbocycles. The molecule has 0 bridgehead atoms. The van der Waals surface area contributed by atoms with E-state index < -0.39 is 0 Å². The maximum atomic E-state index is 11.0. The Morgan fingerprint density at radius 3 is 1.00 bits per heavy atom. The first-order valence-electron chi connectivity index (χ1n) is 9.56. The average molecular weight is 374 g/mol. The van der Waals surface area contributed by atoms with E-state index in [-0.39, 0.29) is 41.0 Å². The lowest BCUT2D eigenvalue weighted by Gasteiger charge is -2.21. The minimum atomic E-state index is -0.0959. The minimum Gasteiger partial charge on any atom is -0.356 e. The van der Waals surface area contributed by atoms with Crippen molar-refractivity contribution in [2.75, 3.05) is 13.1 Å². The second-order valence-corrected chi connectivity index (χ2v) is 7.99. The van der Waals surface area contributed by atoms with E-state index in [1.54, 1.807) is 0 Å². The molecule has 0 aromatic heterocycles. The molecule has 3 amide bonds. The van der Waals surface area contributed by atoms with Crippen LogP contribution < -0.4 is 16.0 Å². The summed E-state index contributed by atoms with van der Waals surface area (Å²) in [5.74, 6) is 0.705. The molecule has 0 atom stereocenters. The van der Waals surface area contributed by atoms with Gasteiger partial charge in [0, 0.05) is 36.4 Å². The van der Waals surface area contributed by atoms with Crippen LogP contribution in [0.4, 0.5) is 0 Å². The molecular formula is C20H43N3O3. The van der Waals surface area contributed by atoms with Crippen LogP contribution in [-0.2, 0) is 14.4 Å². The first kappa shape index (κ1) is 29.2. The summed E-state index contributed by atoms with van der Waals surface area (Å²) in [6, 6.07) is 0. The Balaban J connectivity index is -0.000000308. The SMILES string of the molecule is CC(C)C(=O)NC(C)(C)C.CCNC(=O)C(C)C.CCNC(=O)C(C)C. The highest BCUT2D eigenvalue weighted by Crippen LogP contribution is 2.01. The lowest BCUT2D eigenvalue weighted by molar-refractivity contribution is -0.125. The van der Waals surface area contributed by atoms with E-state index in [1.807, 2.05) is 76.2 Å². The van der Waals surface area contributed by atoms with Crippen LogP contribution in [0.2, 0.25) is 0 Å². The summed E-state index contributed by atoms with van der Waals surface area (Å²) in [4.78, 5) is 32.3. The van der Waals surface area contributed by atoms with E-state index in [1.165, 1.54) is 0 Å². The summed E-state index contributed by atoms with van der Waals surface area (Å²) in [6.07, 6.45) is 0. The predicted molar refractivity (Wildman–Crippen MR) is 110 cm³/mol. The summed E-state index contributed by atoms with van der Waals surface area (Å²) in [5.41, 5.74) is -0.0959. The van der Waals surface area contributed by atoms with Crippen LogP contribution in [0.1, 0.15) is 76.2 Å². The standard InChI is InChI=1S/C8H17NO.2C6H13NO/c1-6(2)7(10)9-8(3,4)5;2*1-4-7-6(8)5(2)3/h6H,1-5H3,(H,9,10);2*5H,4H2,1-3H3,(H,7,8). The van der Waals surface area contributed by atoms with Gasteiger partial charge in [-0.25, -0.2) is 0 Å². The van der Waals surface area contributed by atoms with Gasteiger partial charge in [0.25, 0.3) is 0 Å². The highest BCUT2D eigenvalue weighted by Gasteiger charge is 2.15. The molecule has 6 heteroatoms. The molecule has 0 fully saturated rings. The van der Waals surface area contributed by atoms with Crippen LogP contribution in [0.5, 0.6) is 0 Å². The number of rotatable bonds is 5. The number of amides is 3. The predicted octanol–water partition coefficient (Wildman–Crippen LogP) is 3.11. The molecule has 0 heterocycles. The Bertz CT molecular complexity index is 376. The molecule has 0 radical (unpaired) electrons. The molecule has 6 nitrogen and oxygen atoms in total. The zero-order valence-corrected chi connectivity index (χ0v) is 18.9. The maximum absolute atomic E-state index is 11.0. The normalized spacial score (nSPS) is 10.4. The van der Waals surface area contributed by atoms with Gasteiger partial charge in [-0.05, 0) is 34.6 Å². The maximum Gasteiger partial charge on any atom is 0.222 e. The van der Waals surface area contributed by atoms with E-state index in [4.69, 9.17) is 0 Å². The van der Waals surface area contributed by atoms with E-state index in [0.29, 0.717) is 0 Å². The molecule has 0 aliphatic rings. The van der Waals surface area contributed by atoms with E-state index in [0.717, 1.165) is 13.1 Å². The van der Waals surface area contributed by atoms with Crippen molar-refractivity contribution in [3.63, 3.8) is 0 Å². The molecule has 3 N–H and O–H groups in total. The number of carbonyl (C=O) groups is 3. The van der Waals surface area contributed by atoms with Gasteiger partial charge in [-0.1, -0.05) is 41.5 Å². The van der Waals surface area contributed by atoms with Gasteiger partial charge >= 0.3 is 0 Å². The first-order chi connectivity index (χ1) is 11.7. The molecule has 0 saturated heterocycles. The summed E-state index contributed by atoms with van der Waals surface area (Å²) in [5, 5.41) is 8.29. The van der Waals surface area contributed by atoms with Gasteiger partial charge in [0.2, 0.25) is 17.7 Å². The molecule has 0 aromatic rings. The fourth-order valence-electron chi connectivity index (χ4n) is 1.27. The molecule has 0 spiro atoms. The Morgan fingerprint density at radius 2 is 0.923 bits per heavy atom. The van der Waals surface area contributed by atoms with Crippen molar-refractivity contribution in [3.8, 4) is 0 Å². The third-order valence-corrected chi connectivity index (χ3v) is 2.77. The third-order valence-electron chi connectivity index (χ3n) is 2.77. The molecule has 0 aliphatic carbocycles. The van der Waals surface area contributed by atoms with Crippen molar-refractivity contribution >= 4 is 17.7 Å². The van der Waals surface area contributed by atoms with Crippen LogP contribution in [0.3, 0.4) is 0 Å². The molecule has 26 heavy (non-hydrogen) atoms. The van der Waals surface area contributed by atoms with E-state index in [9.17, 15) is 14.4 Å². The average Bonchev–Trinajstić information content (AvgIpc) is 2.47. The summed E-state index contributed by atoms with van der Waals surface area (Å²) < 4.78 is 0. The minimum absolute atomic E-state index is 0.0826. The quantitative estimate of drug-likeness (QED) is 0.692. The molecule has 0 unspecified atom stereocenters. The topological polar surface area (TPSA) is 87.3 Å². The lowest BCUT2D eigenvalue weighted by Crippen LogP contribution is -2.42. The van der Waals surface area contributed by atoms with Crippen molar-refractivity contribution in [1.29, 1.82) is 0 Å². The van der Waals surface area contributed by atoms with E-state index >= 15 is 0 Å². The summed E-state index contributed by atoms with van der Waals surface area (Å²) in [7, 11) is 0. The summed E-state index contributed by atoms with van der Waals surface area (Å²) in [6.45, 7) is 22.5. The fourth-order valence-corrected chi connectivity index (χ4v) is 1.27. The Morgan fingerprint density at radius 1 is 0.654 bits per heavy atom. The van der Waals surface area contributed by atoms with Gasteiger partial charge in [0.1, 0.15) is 0 Å². The summed E-state index contributed by atoms with van der Waals surface area (Å²) >= 11 is 0. The molecule has 0 rings (SSSR count). The molecule has 0 aliphatic heterocycles. The number of hydrogen-bond donors (Lipinski definition) is 3. The largest absolute Gasteiger partial charge is 0.356 e. The number of hydrogen-bond acceptors (Lipinski definition) is 3. The molecular weight excluding hydrogens is 330 g/mol. The smallest absolute Gasteiger partial charge is 0.222 e. The van der Waals surface area contributed by atoms with Gasteiger partial charge in [-0.15, -0.1) is 0 Å². The Labute approximate surface area is 161 Å². The van der Waals surface area contributed by atoms with Crippen molar-refractivity contribution in [1.82, 2.24) is 16.0 Å². The second kappa shape index (κ2) is 15.6. The Kier molecular flexibility index (Phi) is 17.6. The van der Waals surface area contributed by atoms with Gasteiger partial charge in [0.05, 0.1) is 0 Å². The zero-order chi connectivity index (χ0) is 21.5. The van der Waals surface area contributed by atoms with Crippen molar-refractivity contribution in [2.24, 2.45) is 17.8 Å². The van der Waals surface area contributed by atoms with Crippen molar-refractivity contribution in [3.05, 3.63) is 0 Å². The van der Waals surface area contributed by atoms with Crippen molar-refractivity contribution < 1.29 is 14.4 Å². The van der Waals surface area contributed by atoms with Crippen LogP contribution >= 0.6 is 0 Å². The van der Waals surface area contributed by atoms with Crippen LogP contribution in [-0.4, -0.2) is 36.3 Å². The molecule has 0 aromatic carbocycles. The monoisotopic (exact) mass is 373 g/mol. The number of nitrogens with one attached hydrogen (secondary N) is 3. The Hall–Kier alpha value is -1.59. The zero-order valence-electron chi connectivity index (χ0n) is 18.9. The van der Waals surface area contributed by atoms with Crippen LogP contribution in [0.15, 0.2) is 0 Å². The van der Waals surface area contributed by atoms with E-state index in [2.05, 4.69) is 16.0 Å². The van der Waals surface area contributed by atoms with Gasteiger partial charge in [-0.2, -0.15) is 0 Å². The highest BCUT2D eigenvalue weighted by atomic mass is 16.2.